The Labute approximate surface area is 113 Å². The Morgan fingerprint density at radius 3 is 2.20 bits per heavy atom. The maximum Gasteiger partial charge on any atom is 0.247 e. The second kappa shape index (κ2) is 6.92. The standard InChI is InChI=1S/C10H18N2O8/c11-5(14)1-3(9(12)18)19-10-8(17)7(16)6(15)4(2-13)20-10/h3-4,6-8,10,13,15-17H,1-2H2,(H2,11,14)(H2,12,18)/t3?,4?,6-,7+,8?,10-/m1/s1. The Morgan fingerprint density at radius 2 is 1.75 bits per heavy atom. The number of carbonyl (C=O) groups excluding carboxylic acids is 2. The van der Waals surface area contributed by atoms with E-state index in [0.717, 1.165) is 0 Å². The highest BCUT2D eigenvalue weighted by molar-refractivity contribution is 5.85. The minimum atomic E-state index is -1.69. The predicted octanol–water partition coefficient (Wildman–Crippen LogP) is -4.47. The monoisotopic (exact) mass is 294 g/mol. The van der Waals surface area contributed by atoms with E-state index in [9.17, 15) is 24.9 Å². The van der Waals surface area contributed by atoms with Crippen molar-refractivity contribution >= 4 is 11.8 Å². The van der Waals surface area contributed by atoms with Gasteiger partial charge in [0.1, 0.15) is 30.5 Å². The molecule has 0 radical (unpaired) electrons. The van der Waals surface area contributed by atoms with E-state index in [-0.39, 0.29) is 0 Å². The third-order valence-corrected chi connectivity index (χ3v) is 2.85. The van der Waals surface area contributed by atoms with Crippen molar-refractivity contribution in [2.75, 3.05) is 6.61 Å². The number of primary amides is 2. The zero-order chi connectivity index (χ0) is 15.4. The lowest BCUT2D eigenvalue weighted by molar-refractivity contribution is -0.308. The summed E-state index contributed by atoms with van der Waals surface area (Å²) >= 11 is 0. The van der Waals surface area contributed by atoms with Gasteiger partial charge in [-0.1, -0.05) is 0 Å². The first kappa shape index (κ1) is 16.8. The van der Waals surface area contributed by atoms with Crippen molar-refractivity contribution in [2.45, 2.75) is 43.2 Å². The van der Waals surface area contributed by atoms with Gasteiger partial charge in [0.25, 0.3) is 0 Å². The molecule has 0 aliphatic carbocycles. The van der Waals surface area contributed by atoms with Gasteiger partial charge >= 0.3 is 0 Å². The van der Waals surface area contributed by atoms with Gasteiger partial charge in [-0.25, -0.2) is 0 Å². The van der Waals surface area contributed by atoms with Gasteiger partial charge < -0.3 is 41.4 Å². The number of hydrogen-bond donors (Lipinski definition) is 6. The summed E-state index contributed by atoms with van der Waals surface area (Å²) in [6.07, 6.45) is -9.66. The molecule has 1 aliphatic rings. The number of ether oxygens (including phenoxy) is 2. The zero-order valence-corrected chi connectivity index (χ0v) is 10.5. The molecule has 10 heteroatoms. The van der Waals surface area contributed by atoms with Gasteiger partial charge in [0.2, 0.25) is 11.8 Å². The molecule has 1 saturated heterocycles. The minimum Gasteiger partial charge on any atom is -0.394 e. The topological polar surface area (TPSA) is 186 Å². The molecule has 2 amide bonds. The van der Waals surface area contributed by atoms with Crippen molar-refractivity contribution in [3.05, 3.63) is 0 Å². The van der Waals surface area contributed by atoms with E-state index in [0.29, 0.717) is 0 Å². The van der Waals surface area contributed by atoms with Crippen LogP contribution in [-0.2, 0) is 19.1 Å². The Kier molecular flexibility index (Phi) is 5.80. The van der Waals surface area contributed by atoms with E-state index in [4.69, 9.17) is 26.0 Å². The lowest BCUT2D eigenvalue weighted by atomic mass is 9.99. The second-order valence-electron chi connectivity index (χ2n) is 4.39. The highest BCUT2D eigenvalue weighted by atomic mass is 16.7. The number of hydrogen-bond acceptors (Lipinski definition) is 8. The summed E-state index contributed by atoms with van der Waals surface area (Å²) < 4.78 is 10.00. The van der Waals surface area contributed by atoms with Crippen LogP contribution in [0, 0.1) is 0 Å². The molecule has 0 saturated carbocycles. The molecule has 0 spiro atoms. The van der Waals surface area contributed by atoms with Crippen LogP contribution in [0.4, 0.5) is 0 Å². The van der Waals surface area contributed by atoms with Crippen LogP contribution in [0.5, 0.6) is 0 Å². The van der Waals surface area contributed by atoms with Gasteiger partial charge in [0.05, 0.1) is 13.0 Å². The molecule has 6 atom stereocenters. The van der Waals surface area contributed by atoms with Gasteiger partial charge in [-0.2, -0.15) is 0 Å². The highest BCUT2D eigenvalue weighted by Gasteiger charge is 2.45. The number of amides is 2. The summed E-state index contributed by atoms with van der Waals surface area (Å²) in [4.78, 5) is 21.9. The molecule has 3 unspecified atom stereocenters. The fourth-order valence-corrected chi connectivity index (χ4v) is 1.74. The Hall–Kier alpha value is -1.30. The molecule has 20 heavy (non-hydrogen) atoms. The van der Waals surface area contributed by atoms with E-state index >= 15 is 0 Å². The molecule has 10 nitrogen and oxygen atoms in total. The van der Waals surface area contributed by atoms with Gasteiger partial charge in [-0.15, -0.1) is 0 Å². The summed E-state index contributed by atoms with van der Waals surface area (Å²) in [6, 6.07) is 0. The van der Waals surface area contributed by atoms with Crippen LogP contribution >= 0.6 is 0 Å². The van der Waals surface area contributed by atoms with Gasteiger partial charge in [-0.05, 0) is 0 Å². The lowest BCUT2D eigenvalue weighted by Crippen LogP contribution is -2.60. The molecule has 0 aromatic carbocycles. The quantitative estimate of drug-likeness (QED) is 0.283. The molecule has 1 rings (SSSR count). The average Bonchev–Trinajstić information content (AvgIpc) is 2.37. The molecular formula is C10H18N2O8. The Bertz CT molecular complexity index is 363. The fraction of sp³-hybridized carbons (Fsp3) is 0.800. The smallest absolute Gasteiger partial charge is 0.247 e. The van der Waals surface area contributed by atoms with Crippen molar-refractivity contribution in [1.82, 2.24) is 0 Å². The number of aliphatic hydroxyl groups is 4. The largest absolute Gasteiger partial charge is 0.394 e. The lowest BCUT2D eigenvalue weighted by Gasteiger charge is -2.40. The van der Waals surface area contributed by atoms with E-state index in [2.05, 4.69) is 0 Å². The Balaban J connectivity index is 2.77. The molecule has 0 aromatic heterocycles. The van der Waals surface area contributed by atoms with Crippen molar-refractivity contribution in [1.29, 1.82) is 0 Å². The van der Waals surface area contributed by atoms with Crippen LogP contribution in [0.1, 0.15) is 6.42 Å². The molecule has 0 bridgehead atoms. The Morgan fingerprint density at radius 1 is 1.15 bits per heavy atom. The maximum atomic E-state index is 11.1. The average molecular weight is 294 g/mol. The van der Waals surface area contributed by atoms with E-state index in [1.165, 1.54) is 0 Å². The van der Waals surface area contributed by atoms with Crippen LogP contribution in [0.2, 0.25) is 0 Å². The summed E-state index contributed by atoms with van der Waals surface area (Å²) in [5.41, 5.74) is 9.92. The molecule has 8 N–H and O–H groups in total. The van der Waals surface area contributed by atoms with Crippen molar-refractivity contribution in [3.63, 3.8) is 0 Å². The van der Waals surface area contributed by atoms with Gasteiger partial charge in [0.15, 0.2) is 6.29 Å². The van der Waals surface area contributed by atoms with Crippen molar-refractivity contribution in [2.24, 2.45) is 11.5 Å². The number of aliphatic hydroxyl groups excluding tert-OH is 4. The fourth-order valence-electron chi connectivity index (χ4n) is 1.74. The molecule has 116 valence electrons. The van der Waals surface area contributed by atoms with Crippen LogP contribution < -0.4 is 11.5 Å². The molecule has 1 aliphatic heterocycles. The van der Waals surface area contributed by atoms with Crippen molar-refractivity contribution < 1.29 is 39.5 Å². The summed E-state index contributed by atoms with van der Waals surface area (Å²) in [6.45, 7) is -0.651. The predicted molar refractivity (Wildman–Crippen MR) is 61.6 cm³/mol. The highest BCUT2D eigenvalue weighted by Crippen LogP contribution is 2.23. The normalized spacial score (nSPS) is 35.5. The van der Waals surface area contributed by atoms with Crippen LogP contribution in [0.3, 0.4) is 0 Å². The van der Waals surface area contributed by atoms with Crippen LogP contribution in [0.25, 0.3) is 0 Å². The van der Waals surface area contributed by atoms with E-state index in [1.807, 2.05) is 0 Å². The van der Waals surface area contributed by atoms with Gasteiger partial charge in [-0.3, -0.25) is 9.59 Å². The zero-order valence-electron chi connectivity index (χ0n) is 10.5. The third-order valence-electron chi connectivity index (χ3n) is 2.85. The number of nitrogens with two attached hydrogens (primary N) is 2. The van der Waals surface area contributed by atoms with E-state index < -0.39 is 61.7 Å². The number of carbonyl (C=O) groups is 2. The first-order valence-corrected chi connectivity index (χ1v) is 5.81. The molecule has 1 heterocycles. The minimum absolute atomic E-state index is 0.537. The maximum absolute atomic E-state index is 11.1. The third kappa shape index (κ3) is 3.85. The summed E-state index contributed by atoms with van der Waals surface area (Å²) in [5, 5.41) is 37.7. The van der Waals surface area contributed by atoms with Crippen LogP contribution in [0.15, 0.2) is 0 Å². The first-order valence-electron chi connectivity index (χ1n) is 5.81. The number of rotatable bonds is 6. The van der Waals surface area contributed by atoms with Crippen LogP contribution in [-0.4, -0.2) is 75.7 Å². The first-order chi connectivity index (χ1) is 9.27. The molecular weight excluding hydrogens is 276 g/mol. The van der Waals surface area contributed by atoms with Gasteiger partial charge in [0, 0.05) is 0 Å². The van der Waals surface area contributed by atoms with Crippen molar-refractivity contribution in [3.8, 4) is 0 Å². The molecule has 0 aromatic rings. The van der Waals surface area contributed by atoms with E-state index in [1.54, 1.807) is 0 Å². The second-order valence-corrected chi connectivity index (χ2v) is 4.39. The summed E-state index contributed by atoms with van der Waals surface area (Å²) in [5.74, 6) is -1.88. The SMILES string of the molecule is NC(=O)CC(O[C@@H]1OC(CO)[C@@H](O)[C@H](O)C1O)C(N)=O. The summed E-state index contributed by atoms with van der Waals surface area (Å²) in [7, 11) is 0. The molecule has 1 fully saturated rings.